The second kappa shape index (κ2) is 3.43. The van der Waals surface area contributed by atoms with Crippen LogP contribution >= 0.6 is 0 Å². The number of rotatable bonds is 3. The van der Waals surface area contributed by atoms with Crippen molar-refractivity contribution in [1.82, 2.24) is 15.0 Å². The summed E-state index contributed by atoms with van der Waals surface area (Å²) in [5.41, 5.74) is 0.883. The highest BCUT2D eigenvalue weighted by Crippen LogP contribution is 2.09. The van der Waals surface area contributed by atoms with E-state index in [9.17, 15) is 0 Å². The summed E-state index contributed by atoms with van der Waals surface area (Å²) < 4.78 is 0. The summed E-state index contributed by atoms with van der Waals surface area (Å²) in [7, 11) is 0. The summed E-state index contributed by atoms with van der Waals surface area (Å²) in [6.45, 7) is 3.02. The first-order valence-corrected chi connectivity index (χ1v) is 4.44. The van der Waals surface area contributed by atoms with E-state index in [0.29, 0.717) is 5.95 Å². The Balaban J connectivity index is 2.26. The Kier molecular flexibility index (Phi) is 2.12. The molecule has 0 amide bonds. The van der Waals surface area contributed by atoms with E-state index in [1.54, 1.807) is 0 Å². The van der Waals surface area contributed by atoms with Crippen molar-refractivity contribution in [2.45, 2.75) is 13.3 Å². The maximum atomic E-state index is 4.29. The van der Waals surface area contributed by atoms with Gasteiger partial charge in [-0.15, -0.1) is 0 Å². The van der Waals surface area contributed by atoms with Gasteiger partial charge in [-0.2, -0.15) is 4.98 Å². The molecule has 2 aromatic heterocycles. The molecule has 0 aliphatic heterocycles. The van der Waals surface area contributed by atoms with Gasteiger partial charge in [0.05, 0.1) is 0 Å². The zero-order valence-corrected chi connectivity index (χ0v) is 7.54. The number of nitrogens with zero attached hydrogens (tertiary/aromatic N) is 2. The van der Waals surface area contributed by atoms with E-state index in [4.69, 9.17) is 0 Å². The van der Waals surface area contributed by atoms with Crippen LogP contribution in [-0.4, -0.2) is 21.5 Å². The van der Waals surface area contributed by atoms with E-state index in [2.05, 4.69) is 27.2 Å². The normalized spacial score (nSPS) is 10.5. The van der Waals surface area contributed by atoms with Gasteiger partial charge >= 0.3 is 0 Å². The predicted octanol–water partition coefficient (Wildman–Crippen LogP) is 1.78. The molecular weight excluding hydrogens is 164 g/mol. The topological polar surface area (TPSA) is 53.6 Å². The molecule has 0 aromatic carbocycles. The Morgan fingerprint density at radius 2 is 2.46 bits per heavy atom. The first kappa shape index (κ1) is 8.04. The number of aromatic amines is 1. The zero-order chi connectivity index (χ0) is 9.10. The molecule has 4 nitrogen and oxygen atoms in total. The highest BCUT2D eigenvalue weighted by molar-refractivity contribution is 5.75. The lowest BCUT2D eigenvalue weighted by atomic mass is 10.4. The van der Waals surface area contributed by atoms with Gasteiger partial charge in [0.2, 0.25) is 5.95 Å². The van der Waals surface area contributed by atoms with Crippen LogP contribution in [0.15, 0.2) is 18.5 Å². The Morgan fingerprint density at radius 3 is 3.31 bits per heavy atom. The molecule has 0 bridgehead atoms. The SMILES string of the molecule is CCCNc1ncc2cc[nH]c2n1. The molecule has 2 rings (SSSR count). The molecule has 2 heterocycles. The lowest BCUT2D eigenvalue weighted by Gasteiger charge is -2.00. The Labute approximate surface area is 76.4 Å². The van der Waals surface area contributed by atoms with Crippen LogP contribution in [0.4, 0.5) is 5.95 Å². The molecule has 4 heteroatoms. The van der Waals surface area contributed by atoms with Crippen molar-refractivity contribution in [3.63, 3.8) is 0 Å². The fraction of sp³-hybridized carbons (Fsp3) is 0.333. The van der Waals surface area contributed by atoms with Crippen LogP contribution in [0.1, 0.15) is 13.3 Å². The lowest BCUT2D eigenvalue weighted by Crippen LogP contribution is -2.03. The Hall–Kier alpha value is -1.58. The summed E-state index contributed by atoms with van der Waals surface area (Å²) in [5, 5.41) is 4.18. The Morgan fingerprint density at radius 1 is 1.54 bits per heavy atom. The van der Waals surface area contributed by atoms with Crippen molar-refractivity contribution in [1.29, 1.82) is 0 Å². The van der Waals surface area contributed by atoms with Gasteiger partial charge in [0, 0.05) is 24.3 Å². The molecule has 68 valence electrons. The second-order valence-electron chi connectivity index (χ2n) is 2.90. The van der Waals surface area contributed by atoms with Gasteiger partial charge in [-0.05, 0) is 12.5 Å². The van der Waals surface area contributed by atoms with E-state index < -0.39 is 0 Å². The summed E-state index contributed by atoms with van der Waals surface area (Å²) in [4.78, 5) is 11.5. The molecule has 0 unspecified atom stereocenters. The molecule has 0 atom stereocenters. The number of anilines is 1. The van der Waals surface area contributed by atoms with Crippen molar-refractivity contribution in [2.75, 3.05) is 11.9 Å². The van der Waals surface area contributed by atoms with Crippen molar-refractivity contribution in [3.05, 3.63) is 18.5 Å². The van der Waals surface area contributed by atoms with Gasteiger partial charge in [0.25, 0.3) is 0 Å². The molecule has 2 N–H and O–H groups in total. The van der Waals surface area contributed by atoms with Crippen LogP contribution in [0.25, 0.3) is 11.0 Å². The smallest absolute Gasteiger partial charge is 0.224 e. The molecule has 13 heavy (non-hydrogen) atoms. The largest absolute Gasteiger partial charge is 0.354 e. The summed E-state index contributed by atoms with van der Waals surface area (Å²) in [5.74, 6) is 0.691. The van der Waals surface area contributed by atoms with Crippen LogP contribution < -0.4 is 5.32 Å². The molecule has 0 radical (unpaired) electrons. The number of H-pyrrole nitrogens is 1. The first-order valence-electron chi connectivity index (χ1n) is 4.44. The van der Waals surface area contributed by atoms with Crippen molar-refractivity contribution < 1.29 is 0 Å². The van der Waals surface area contributed by atoms with Gasteiger partial charge in [0.15, 0.2) is 0 Å². The Bertz CT molecular complexity index is 393. The zero-order valence-electron chi connectivity index (χ0n) is 7.54. The second-order valence-corrected chi connectivity index (χ2v) is 2.90. The number of hydrogen-bond donors (Lipinski definition) is 2. The monoisotopic (exact) mass is 176 g/mol. The number of aromatic nitrogens is 3. The molecule has 2 aromatic rings. The highest BCUT2D eigenvalue weighted by Gasteiger charge is 1.98. The predicted molar refractivity (Wildman–Crippen MR) is 52.7 cm³/mol. The summed E-state index contributed by atoms with van der Waals surface area (Å²) in [6.07, 6.45) is 4.76. The number of fused-ring (bicyclic) bond motifs is 1. The minimum atomic E-state index is 0.691. The minimum absolute atomic E-state index is 0.691. The van der Waals surface area contributed by atoms with Crippen molar-refractivity contribution in [3.8, 4) is 0 Å². The van der Waals surface area contributed by atoms with Gasteiger partial charge in [-0.25, -0.2) is 4.98 Å². The van der Waals surface area contributed by atoms with Gasteiger partial charge in [-0.1, -0.05) is 6.92 Å². The fourth-order valence-electron chi connectivity index (χ4n) is 1.16. The van der Waals surface area contributed by atoms with E-state index in [1.165, 1.54) is 0 Å². The van der Waals surface area contributed by atoms with Crippen LogP contribution in [0, 0.1) is 0 Å². The summed E-state index contributed by atoms with van der Waals surface area (Å²) >= 11 is 0. The van der Waals surface area contributed by atoms with Crippen LogP contribution in [0.2, 0.25) is 0 Å². The van der Waals surface area contributed by atoms with Crippen molar-refractivity contribution in [2.24, 2.45) is 0 Å². The molecule has 0 saturated heterocycles. The lowest BCUT2D eigenvalue weighted by molar-refractivity contribution is 0.956. The first-order chi connectivity index (χ1) is 6.40. The third-order valence-corrected chi connectivity index (χ3v) is 1.83. The third kappa shape index (κ3) is 1.61. The fourth-order valence-corrected chi connectivity index (χ4v) is 1.16. The molecule has 0 saturated carbocycles. The van der Waals surface area contributed by atoms with Gasteiger partial charge in [0.1, 0.15) is 5.65 Å². The van der Waals surface area contributed by atoms with Crippen LogP contribution in [-0.2, 0) is 0 Å². The van der Waals surface area contributed by atoms with Gasteiger partial charge < -0.3 is 10.3 Å². The molecular formula is C9H12N4. The van der Waals surface area contributed by atoms with Crippen molar-refractivity contribution >= 4 is 17.0 Å². The van der Waals surface area contributed by atoms with E-state index in [0.717, 1.165) is 24.0 Å². The maximum Gasteiger partial charge on any atom is 0.224 e. The van der Waals surface area contributed by atoms with E-state index in [-0.39, 0.29) is 0 Å². The minimum Gasteiger partial charge on any atom is -0.354 e. The summed E-state index contributed by atoms with van der Waals surface area (Å²) in [6, 6.07) is 1.96. The molecule has 0 spiro atoms. The molecule has 0 aliphatic rings. The standard InChI is InChI=1S/C9H12N4/c1-2-4-11-9-12-6-7-3-5-10-8(7)13-9/h3,5-6H,2,4H2,1H3,(H2,10,11,12,13). The average Bonchev–Trinajstić information content (AvgIpc) is 2.61. The molecule has 0 aliphatic carbocycles. The molecule has 0 fully saturated rings. The van der Waals surface area contributed by atoms with E-state index in [1.807, 2.05) is 18.5 Å². The maximum absolute atomic E-state index is 4.29. The number of nitrogens with one attached hydrogen (secondary N) is 2. The highest BCUT2D eigenvalue weighted by atomic mass is 15.1. The van der Waals surface area contributed by atoms with Crippen LogP contribution in [0.3, 0.4) is 0 Å². The van der Waals surface area contributed by atoms with Crippen LogP contribution in [0.5, 0.6) is 0 Å². The average molecular weight is 176 g/mol. The van der Waals surface area contributed by atoms with Gasteiger partial charge in [-0.3, -0.25) is 0 Å². The van der Waals surface area contributed by atoms with E-state index >= 15 is 0 Å². The third-order valence-electron chi connectivity index (χ3n) is 1.83. The quantitative estimate of drug-likeness (QED) is 0.749. The number of hydrogen-bond acceptors (Lipinski definition) is 3.